The van der Waals surface area contributed by atoms with Crippen LogP contribution in [-0.4, -0.2) is 29.4 Å². The standard InChI is InChI=1S/C14H16FN3O2/c15-11-5-3-10(4-6-11)14-17-13(20-18-14)8-16-12-2-1-7-19-9-12/h3-6,12,16H,1-2,7-9H2/t12-/m1/s1. The summed E-state index contributed by atoms with van der Waals surface area (Å²) < 4.78 is 23.4. The van der Waals surface area contributed by atoms with Gasteiger partial charge in [-0.1, -0.05) is 5.16 Å². The van der Waals surface area contributed by atoms with Crippen LogP contribution in [-0.2, 0) is 11.3 Å². The smallest absolute Gasteiger partial charge is 0.240 e. The van der Waals surface area contributed by atoms with Gasteiger partial charge in [0.25, 0.3) is 0 Å². The maximum atomic E-state index is 12.8. The summed E-state index contributed by atoms with van der Waals surface area (Å²) in [7, 11) is 0. The molecule has 1 N–H and O–H groups in total. The molecule has 2 aromatic rings. The summed E-state index contributed by atoms with van der Waals surface area (Å²) in [6.45, 7) is 2.08. The Kier molecular flexibility index (Phi) is 4.03. The Balaban J connectivity index is 1.60. The van der Waals surface area contributed by atoms with Crippen LogP contribution in [0.25, 0.3) is 11.4 Å². The number of hydrogen-bond donors (Lipinski definition) is 1. The van der Waals surface area contributed by atoms with Gasteiger partial charge in [-0.2, -0.15) is 4.98 Å². The van der Waals surface area contributed by atoms with Gasteiger partial charge >= 0.3 is 0 Å². The zero-order valence-corrected chi connectivity index (χ0v) is 11.0. The molecule has 2 heterocycles. The van der Waals surface area contributed by atoms with Gasteiger partial charge in [0.05, 0.1) is 13.2 Å². The topological polar surface area (TPSA) is 60.2 Å². The second-order valence-corrected chi connectivity index (χ2v) is 4.81. The molecule has 0 unspecified atom stereocenters. The Morgan fingerprint density at radius 2 is 2.15 bits per heavy atom. The Labute approximate surface area is 116 Å². The van der Waals surface area contributed by atoms with Crippen LogP contribution in [0, 0.1) is 5.82 Å². The fourth-order valence-electron chi connectivity index (χ4n) is 2.18. The van der Waals surface area contributed by atoms with E-state index in [-0.39, 0.29) is 5.82 Å². The Morgan fingerprint density at radius 3 is 2.90 bits per heavy atom. The van der Waals surface area contributed by atoms with Crippen molar-refractivity contribution in [2.75, 3.05) is 13.2 Å². The van der Waals surface area contributed by atoms with Crippen molar-refractivity contribution in [3.8, 4) is 11.4 Å². The molecule has 1 fully saturated rings. The van der Waals surface area contributed by atoms with Crippen LogP contribution in [0.2, 0.25) is 0 Å². The molecular weight excluding hydrogens is 261 g/mol. The maximum Gasteiger partial charge on any atom is 0.240 e. The fraction of sp³-hybridized carbons (Fsp3) is 0.429. The van der Waals surface area contributed by atoms with Gasteiger partial charge in [0.1, 0.15) is 5.82 Å². The number of aromatic nitrogens is 2. The first-order valence-corrected chi connectivity index (χ1v) is 6.71. The zero-order chi connectivity index (χ0) is 13.8. The molecule has 1 aliphatic heterocycles. The predicted molar refractivity (Wildman–Crippen MR) is 70.4 cm³/mol. The van der Waals surface area contributed by atoms with Gasteiger partial charge in [-0.15, -0.1) is 0 Å². The molecule has 106 valence electrons. The van der Waals surface area contributed by atoms with E-state index in [1.54, 1.807) is 12.1 Å². The molecule has 3 rings (SSSR count). The minimum Gasteiger partial charge on any atom is -0.380 e. The molecule has 1 saturated heterocycles. The van der Waals surface area contributed by atoms with Crippen molar-refractivity contribution in [2.24, 2.45) is 0 Å². The molecule has 0 bridgehead atoms. The highest BCUT2D eigenvalue weighted by molar-refractivity contribution is 5.53. The average Bonchev–Trinajstić information content (AvgIpc) is 2.96. The Hall–Kier alpha value is -1.79. The quantitative estimate of drug-likeness (QED) is 0.927. The molecule has 0 amide bonds. The molecule has 1 aromatic heterocycles. The number of ether oxygens (including phenoxy) is 1. The molecule has 0 saturated carbocycles. The lowest BCUT2D eigenvalue weighted by Gasteiger charge is -2.22. The van der Waals surface area contributed by atoms with E-state index in [9.17, 15) is 4.39 Å². The van der Waals surface area contributed by atoms with Crippen LogP contribution in [0.1, 0.15) is 18.7 Å². The van der Waals surface area contributed by atoms with Crippen LogP contribution in [0.4, 0.5) is 4.39 Å². The van der Waals surface area contributed by atoms with E-state index in [1.807, 2.05) is 0 Å². The van der Waals surface area contributed by atoms with Crippen LogP contribution >= 0.6 is 0 Å². The van der Waals surface area contributed by atoms with E-state index in [4.69, 9.17) is 9.26 Å². The van der Waals surface area contributed by atoms with Crippen LogP contribution in [0.15, 0.2) is 28.8 Å². The van der Waals surface area contributed by atoms with Gasteiger partial charge < -0.3 is 14.6 Å². The van der Waals surface area contributed by atoms with Crippen LogP contribution < -0.4 is 5.32 Å². The summed E-state index contributed by atoms with van der Waals surface area (Å²) >= 11 is 0. The number of halogens is 1. The summed E-state index contributed by atoms with van der Waals surface area (Å²) in [5.41, 5.74) is 0.738. The monoisotopic (exact) mass is 277 g/mol. The van der Waals surface area contributed by atoms with Crippen LogP contribution in [0.3, 0.4) is 0 Å². The summed E-state index contributed by atoms with van der Waals surface area (Å²) in [6.07, 6.45) is 2.17. The third kappa shape index (κ3) is 3.20. The third-order valence-corrected chi connectivity index (χ3v) is 3.27. The molecule has 6 heteroatoms. The first kappa shape index (κ1) is 13.2. The van der Waals surface area contributed by atoms with Crippen molar-refractivity contribution >= 4 is 0 Å². The van der Waals surface area contributed by atoms with E-state index in [2.05, 4.69) is 15.5 Å². The zero-order valence-electron chi connectivity index (χ0n) is 11.0. The molecule has 0 radical (unpaired) electrons. The van der Waals surface area contributed by atoms with Crippen LogP contribution in [0.5, 0.6) is 0 Å². The van der Waals surface area contributed by atoms with E-state index in [1.165, 1.54) is 12.1 Å². The van der Waals surface area contributed by atoms with Gasteiger partial charge in [-0.25, -0.2) is 4.39 Å². The summed E-state index contributed by atoms with van der Waals surface area (Å²) in [5, 5.41) is 7.23. The van der Waals surface area contributed by atoms with Crippen molar-refractivity contribution in [1.29, 1.82) is 0 Å². The molecule has 5 nitrogen and oxygen atoms in total. The molecule has 0 spiro atoms. The number of benzene rings is 1. The first-order valence-electron chi connectivity index (χ1n) is 6.71. The molecule has 1 aliphatic rings. The highest BCUT2D eigenvalue weighted by atomic mass is 19.1. The Morgan fingerprint density at radius 1 is 1.30 bits per heavy atom. The highest BCUT2D eigenvalue weighted by Crippen LogP contribution is 2.16. The third-order valence-electron chi connectivity index (χ3n) is 3.27. The molecular formula is C14H16FN3O2. The van der Waals surface area contributed by atoms with Crippen molar-refractivity contribution < 1.29 is 13.7 Å². The molecule has 0 aliphatic carbocycles. The number of hydrogen-bond acceptors (Lipinski definition) is 5. The Bertz CT molecular complexity index is 550. The van der Waals surface area contributed by atoms with Gasteiger partial charge in [-0.3, -0.25) is 0 Å². The maximum absolute atomic E-state index is 12.8. The summed E-state index contributed by atoms with van der Waals surface area (Å²) in [5.74, 6) is 0.716. The SMILES string of the molecule is Fc1ccc(-c2noc(CN[C@@H]3CCCOC3)n2)cc1. The van der Waals surface area contributed by atoms with E-state index < -0.39 is 0 Å². The lowest BCUT2D eigenvalue weighted by atomic mass is 10.1. The van der Waals surface area contributed by atoms with E-state index in [0.717, 1.165) is 31.6 Å². The second kappa shape index (κ2) is 6.11. The van der Waals surface area contributed by atoms with E-state index in [0.29, 0.717) is 24.3 Å². The second-order valence-electron chi connectivity index (χ2n) is 4.81. The lowest BCUT2D eigenvalue weighted by molar-refractivity contribution is 0.0689. The average molecular weight is 277 g/mol. The minimum atomic E-state index is -0.281. The first-order chi connectivity index (χ1) is 9.81. The lowest BCUT2D eigenvalue weighted by Crippen LogP contribution is -2.36. The number of rotatable bonds is 4. The van der Waals surface area contributed by atoms with Gasteiger partial charge in [0.2, 0.25) is 11.7 Å². The van der Waals surface area contributed by atoms with Crippen molar-refractivity contribution in [3.63, 3.8) is 0 Å². The molecule has 1 aromatic carbocycles. The number of nitrogens with one attached hydrogen (secondary N) is 1. The van der Waals surface area contributed by atoms with Gasteiger partial charge in [0.15, 0.2) is 0 Å². The van der Waals surface area contributed by atoms with Gasteiger partial charge in [-0.05, 0) is 37.1 Å². The predicted octanol–water partition coefficient (Wildman–Crippen LogP) is 2.14. The van der Waals surface area contributed by atoms with Crippen molar-refractivity contribution in [2.45, 2.75) is 25.4 Å². The largest absolute Gasteiger partial charge is 0.380 e. The molecule has 1 atom stereocenters. The summed E-state index contributed by atoms with van der Waals surface area (Å²) in [4.78, 5) is 4.29. The molecule has 20 heavy (non-hydrogen) atoms. The minimum absolute atomic E-state index is 0.281. The fourth-order valence-corrected chi connectivity index (χ4v) is 2.18. The normalized spacial score (nSPS) is 19.1. The van der Waals surface area contributed by atoms with Crippen molar-refractivity contribution in [3.05, 3.63) is 36.0 Å². The summed E-state index contributed by atoms with van der Waals surface area (Å²) in [6, 6.07) is 6.36. The van der Waals surface area contributed by atoms with Gasteiger partial charge in [0, 0.05) is 18.2 Å². The van der Waals surface area contributed by atoms with E-state index >= 15 is 0 Å². The highest BCUT2D eigenvalue weighted by Gasteiger charge is 2.15. The number of nitrogens with zero attached hydrogens (tertiary/aromatic N) is 2. The van der Waals surface area contributed by atoms with Crippen molar-refractivity contribution in [1.82, 2.24) is 15.5 Å².